The topological polar surface area (TPSA) is 109 Å². The van der Waals surface area contributed by atoms with Crippen LogP contribution in [0.5, 0.6) is 0 Å². The summed E-state index contributed by atoms with van der Waals surface area (Å²) in [5.74, 6) is -2.25. The van der Waals surface area contributed by atoms with E-state index in [-0.39, 0.29) is 12.8 Å². The molecule has 0 unspecified atom stereocenters. The second kappa shape index (κ2) is 6.00. The van der Waals surface area contributed by atoms with Crippen molar-refractivity contribution in [1.29, 1.82) is 0 Å². The highest BCUT2D eigenvalue weighted by atomic mass is 32.1. The number of carbonyl (C=O) groups excluding carboxylic acids is 2. The Bertz CT molecular complexity index is 416. The number of thiophene rings is 1. The fourth-order valence-corrected chi connectivity index (χ4v) is 1.82. The zero-order chi connectivity index (χ0) is 12.8. The molecule has 4 N–H and O–H groups in total. The molecule has 0 radical (unpaired) electrons. The molecule has 0 aliphatic rings. The molecule has 1 aromatic rings. The largest absolute Gasteiger partial charge is 0.480 e. The molecule has 0 saturated heterocycles. The van der Waals surface area contributed by atoms with Gasteiger partial charge in [0.2, 0.25) is 5.91 Å². The van der Waals surface area contributed by atoms with Crippen molar-refractivity contribution in [3.63, 3.8) is 0 Å². The van der Waals surface area contributed by atoms with Crippen molar-refractivity contribution in [2.24, 2.45) is 5.73 Å². The van der Waals surface area contributed by atoms with Gasteiger partial charge in [0.05, 0.1) is 5.56 Å². The molecule has 6 nitrogen and oxygen atoms in total. The van der Waals surface area contributed by atoms with Crippen LogP contribution in [-0.4, -0.2) is 28.9 Å². The first-order chi connectivity index (χ1) is 8.00. The summed E-state index contributed by atoms with van der Waals surface area (Å²) in [4.78, 5) is 33.0. The minimum absolute atomic E-state index is 0.0133. The zero-order valence-electron chi connectivity index (χ0n) is 8.88. The van der Waals surface area contributed by atoms with Gasteiger partial charge in [0.1, 0.15) is 6.04 Å². The van der Waals surface area contributed by atoms with Crippen LogP contribution in [0.25, 0.3) is 0 Å². The molecule has 1 atom stereocenters. The molecule has 0 bridgehead atoms. The Balaban J connectivity index is 2.58. The quantitative estimate of drug-likeness (QED) is 0.675. The van der Waals surface area contributed by atoms with Gasteiger partial charge in [0.25, 0.3) is 5.91 Å². The van der Waals surface area contributed by atoms with Gasteiger partial charge >= 0.3 is 5.97 Å². The Morgan fingerprint density at radius 2 is 2.18 bits per heavy atom. The summed E-state index contributed by atoms with van der Waals surface area (Å²) in [7, 11) is 0. The molecule has 0 fully saturated rings. The number of nitrogens with two attached hydrogens (primary N) is 1. The first kappa shape index (κ1) is 13.2. The first-order valence-electron chi connectivity index (χ1n) is 4.85. The lowest BCUT2D eigenvalue weighted by Crippen LogP contribution is -2.41. The maximum Gasteiger partial charge on any atom is 0.326 e. The second-order valence-electron chi connectivity index (χ2n) is 3.38. The van der Waals surface area contributed by atoms with Crippen molar-refractivity contribution >= 4 is 29.1 Å². The highest BCUT2D eigenvalue weighted by Crippen LogP contribution is 2.07. The Kier molecular flexibility index (Phi) is 4.65. The van der Waals surface area contributed by atoms with E-state index in [1.165, 1.54) is 11.3 Å². The number of carboxylic acids is 1. The molecule has 0 saturated carbocycles. The monoisotopic (exact) mass is 256 g/mol. The van der Waals surface area contributed by atoms with Crippen molar-refractivity contribution in [2.45, 2.75) is 18.9 Å². The van der Waals surface area contributed by atoms with Gasteiger partial charge in [-0.3, -0.25) is 9.59 Å². The summed E-state index contributed by atoms with van der Waals surface area (Å²) in [6.07, 6.45) is -0.0958. The van der Waals surface area contributed by atoms with Gasteiger partial charge in [-0.15, -0.1) is 0 Å². The number of nitrogens with one attached hydrogen (secondary N) is 1. The van der Waals surface area contributed by atoms with E-state index in [2.05, 4.69) is 5.32 Å². The van der Waals surface area contributed by atoms with Gasteiger partial charge in [0.15, 0.2) is 0 Å². The van der Waals surface area contributed by atoms with Crippen LogP contribution in [-0.2, 0) is 9.59 Å². The molecule has 1 heterocycles. The van der Waals surface area contributed by atoms with Crippen LogP contribution in [0.1, 0.15) is 23.2 Å². The molecule has 0 aromatic carbocycles. The average Bonchev–Trinajstić information content (AvgIpc) is 2.76. The summed E-state index contributed by atoms with van der Waals surface area (Å²) in [5, 5.41) is 14.5. The predicted molar refractivity (Wildman–Crippen MR) is 61.6 cm³/mol. The summed E-state index contributed by atoms with van der Waals surface area (Å²) < 4.78 is 0. The van der Waals surface area contributed by atoms with Crippen molar-refractivity contribution in [3.05, 3.63) is 22.4 Å². The molecule has 92 valence electrons. The fraction of sp³-hybridized carbons (Fsp3) is 0.300. The third-order valence-corrected chi connectivity index (χ3v) is 2.75. The van der Waals surface area contributed by atoms with Crippen molar-refractivity contribution in [1.82, 2.24) is 5.32 Å². The number of rotatable bonds is 6. The summed E-state index contributed by atoms with van der Waals surface area (Å²) in [6.45, 7) is 0. The van der Waals surface area contributed by atoms with E-state index in [4.69, 9.17) is 10.8 Å². The number of hydrogen-bond acceptors (Lipinski definition) is 4. The maximum atomic E-state index is 11.6. The number of carboxylic acid groups (broad SMARTS) is 1. The molecule has 1 rings (SSSR count). The molecule has 1 aromatic heterocycles. The number of aliphatic carboxylic acids is 1. The van der Waals surface area contributed by atoms with E-state index >= 15 is 0 Å². The SMILES string of the molecule is NC(=O)CC[C@@H](NC(=O)c1ccsc1)C(=O)O. The standard InChI is InChI=1S/C10H12N2O4S/c11-8(13)2-1-7(10(15)16)12-9(14)6-3-4-17-5-6/h3-5,7H,1-2H2,(H2,11,13)(H,12,14)(H,15,16)/t7-/m1/s1. The normalized spacial score (nSPS) is 11.8. The number of hydrogen-bond donors (Lipinski definition) is 3. The Morgan fingerprint density at radius 3 is 2.65 bits per heavy atom. The smallest absolute Gasteiger partial charge is 0.326 e. The van der Waals surface area contributed by atoms with Crippen LogP contribution in [0.15, 0.2) is 16.8 Å². The van der Waals surface area contributed by atoms with Gasteiger partial charge in [-0.2, -0.15) is 11.3 Å². The van der Waals surface area contributed by atoms with Crippen LogP contribution in [0.3, 0.4) is 0 Å². The lowest BCUT2D eigenvalue weighted by molar-refractivity contribution is -0.139. The van der Waals surface area contributed by atoms with Gasteiger partial charge in [0, 0.05) is 11.8 Å². The van der Waals surface area contributed by atoms with E-state index in [0.717, 1.165) is 0 Å². The third kappa shape index (κ3) is 4.23. The van der Waals surface area contributed by atoms with Gasteiger partial charge in [-0.25, -0.2) is 4.79 Å². The molecule has 2 amide bonds. The van der Waals surface area contributed by atoms with Crippen LogP contribution in [0, 0.1) is 0 Å². The summed E-state index contributed by atoms with van der Waals surface area (Å²) in [6, 6.07) is 0.488. The van der Waals surface area contributed by atoms with Crippen molar-refractivity contribution in [3.8, 4) is 0 Å². The first-order valence-corrected chi connectivity index (χ1v) is 5.79. The molecule has 7 heteroatoms. The molecule has 0 aliphatic heterocycles. The molecular formula is C10H12N2O4S. The molecular weight excluding hydrogens is 244 g/mol. The summed E-state index contributed by atoms with van der Waals surface area (Å²) in [5.41, 5.74) is 5.33. The molecule has 17 heavy (non-hydrogen) atoms. The van der Waals surface area contributed by atoms with E-state index in [1.807, 2.05) is 0 Å². The molecule has 0 aliphatic carbocycles. The fourth-order valence-electron chi connectivity index (χ4n) is 1.18. The lowest BCUT2D eigenvalue weighted by atomic mass is 10.1. The minimum atomic E-state index is -1.19. The van der Waals surface area contributed by atoms with Crippen molar-refractivity contribution < 1.29 is 19.5 Å². The highest BCUT2D eigenvalue weighted by molar-refractivity contribution is 7.08. The molecule has 0 spiro atoms. The van der Waals surface area contributed by atoms with E-state index < -0.39 is 23.8 Å². The lowest BCUT2D eigenvalue weighted by Gasteiger charge is -2.12. The van der Waals surface area contributed by atoms with E-state index in [1.54, 1.807) is 16.8 Å². The highest BCUT2D eigenvalue weighted by Gasteiger charge is 2.21. The Labute approximate surface area is 101 Å². The average molecular weight is 256 g/mol. The van der Waals surface area contributed by atoms with Crippen LogP contribution < -0.4 is 11.1 Å². The van der Waals surface area contributed by atoms with Crippen molar-refractivity contribution in [2.75, 3.05) is 0 Å². The van der Waals surface area contributed by atoms with Crippen LogP contribution in [0.4, 0.5) is 0 Å². The van der Waals surface area contributed by atoms with Gasteiger partial charge in [-0.05, 0) is 17.9 Å². The second-order valence-corrected chi connectivity index (χ2v) is 4.16. The van der Waals surface area contributed by atoms with Crippen LogP contribution >= 0.6 is 11.3 Å². The number of amides is 2. The predicted octanol–water partition coefficient (Wildman–Crippen LogP) is 0.197. The van der Waals surface area contributed by atoms with E-state index in [0.29, 0.717) is 5.56 Å². The van der Waals surface area contributed by atoms with E-state index in [9.17, 15) is 14.4 Å². The Morgan fingerprint density at radius 1 is 1.47 bits per heavy atom. The Hall–Kier alpha value is -1.89. The van der Waals surface area contributed by atoms with Gasteiger partial charge in [-0.1, -0.05) is 0 Å². The minimum Gasteiger partial charge on any atom is -0.480 e. The third-order valence-electron chi connectivity index (χ3n) is 2.07. The maximum absolute atomic E-state index is 11.6. The van der Waals surface area contributed by atoms with Gasteiger partial charge < -0.3 is 16.2 Å². The zero-order valence-corrected chi connectivity index (χ0v) is 9.70. The number of primary amides is 1. The van der Waals surface area contributed by atoms with Crippen LogP contribution in [0.2, 0.25) is 0 Å². The summed E-state index contributed by atoms with van der Waals surface area (Å²) >= 11 is 1.34. The number of carbonyl (C=O) groups is 3.